The Morgan fingerprint density at radius 1 is 1.13 bits per heavy atom. The number of nitrogens with zero attached hydrogens (tertiary/aromatic N) is 6. The van der Waals surface area contributed by atoms with E-state index in [0.29, 0.717) is 23.3 Å². The topological polar surface area (TPSA) is 90.9 Å². The maximum Gasteiger partial charge on any atom is 0.183 e. The van der Waals surface area contributed by atoms with Crippen LogP contribution in [0.25, 0.3) is 0 Å². The molecule has 0 amide bonds. The van der Waals surface area contributed by atoms with Crippen LogP contribution in [0.1, 0.15) is 24.6 Å². The Morgan fingerprint density at radius 2 is 1.91 bits per heavy atom. The van der Waals surface area contributed by atoms with Gasteiger partial charge in [0.15, 0.2) is 11.5 Å². The largest absolute Gasteiger partial charge is 0.391 e. The van der Waals surface area contributed by atoms with Crippen LogP contribution < -0.4 is 4.90 Å². The fourth-order valence-electron chi connectivity index (χ4n) is 3.98. The summed E-state index contributed by atoms with van der Waals surface area (Å²) >= 11 is 0. The van der Waals surface area contributed by atoms with E-state index in [0.717, 1.165) is 25.9 Å². The predicted octanol–water partition coefficient (Wildman–Crippen LogP) is 0.993. The zero-order valence-electron chi connectivity index (χ0n) is 12.7. The van der Waals surface area contributed by atoms with Gasteiger partial charge in [-0.25, -0.2) is 9.97 Å². The SMILES string of the molecule is N#Cc1nccnc1N1C[C@H]2C[C@@H](n3cccn3)[C@H](O)C[C@H]2C1. The number of hydrogen-bond donors (Lipinski definition) is 1. The Labute approximate surface area is 134 Å². The zero-order valence-corrected chi connectivity index (χ0v) is 12.7. The molecule has 0 unspecified atom stereocenters. The van der Waals surface area contributed by atoms with Crippen LogP contribution in [-0.2, 0) is 0 Å². The Kier molecular flexibility index (Phi) is 3.46. The van der Waals surface area contributed by atoms with Crippen molar-refractivity contribution >= 4 is 5.82 Å². The second-order valence-corrected chi connectivity index (χ2v) is 6.36. The standard InChI is InChI=1S/C16H18N6O/c17-8-13-16(19-4-3-18-13)21-9-11-6-14(22-5-1-2-20-22)15(23)7-12(11)10-21/h1-5,11-12,14-15,23H,6-7,9-10H2/t11-,12+,14-,15-/m1/s1. The van der Waals surface area contributed by atoms with E-state index in [1.54, 1.807) is 18.6 Å². The highest BCUT2D eigenvalue weighted by Gasteiger charge is 2.43. The van der Waals surface area contributed by atoms with Gasteiger partial charge in [0.1, 0.15) is 6.07 Å². The van der Waals surface area contributed by atoms with Gasteiger partial charge in [0.05, 0.1) is 12.1 Å². The summed E-state index contributed by atoms with van der Waals surface area (Å²) < 4.78 is 1.87. The summed E-state index contributed by atoms with van der Waals surface area (Å²) in [6.07, 6.45) is 8.10. The lowest BCUT2D eigenvalue weighted by molar-refractivity contribution is 0.0306. The molecular formula is C16H18N6O. The van der Waals surface area contributed by atoms with Crippen LogP contribution in [0.2, 0.25) is 0 Å². The molecule has 7 nitrogen and oxygen atoms in total. The first-order valence-corrected chi connectivity index (χ1v) is 7.89. The van der Waals surface area contributed by atoms with Gasteiger partial charge in [0.25, 0.3) is 0 Å². The lowest BCUT2D eigenvalue weighted by Crippen LogP contribution is -2.36. The molecule has 2 aliphatic rings. The highest BCUT2D eigenvalue weighted by molar-refractivity contribution is 5.50. The molecule has 1 aliphatic carbocycles. The summed E-state index contributed by atoms with van der Waals surface area (Å²) in [5.74, 6) is 1.56. The Morgan fingerprint density at radius 3 is 2.65 bits per heavy atom. The minimum atomic E-state index is -0.381. The number of fused-ring (bicyclic) bond motifs is 1. The van der Waals surface area contributed by atoms with Crippen LogP contribution in [0.15, 0.2) is 30.9 Å². The van der Waals surface area contributed by atoms with Crippen LogP contribution in [0, 0.1) is 23.2 Å². The van der Waals surface area contributed by atoms with Gasteiger partial charge < -0.3 is 10.0 Å². The van der Waals surface area contributed by atoms with Gasteiger partial charge in [-0.15, -0.1) is 0 Å². The molecule has 0 radical (unpaired) electrons. The third-order valence-electron chi connectivity index (χ3n) is 5.06. The lowest BCUT2D eigenvalue weighted by atomic mass is 9.77. The van der Waals surface area contributed by atoms with Crippen LogP contribution in [-0.4, -0.2) is 44.0 Å². The minimum Gasteiger partial charge on any atom is -0.391 e. The maximum atomic E-state index is 10.5. The van der Waals surface area contributed by atoms with Crippen LogP contribution >= 0.6 is 0 Å². The zero-order chi connectivity index (χ0) is 15.8. The summed E-state index contributed by atoms with van der Waals surface area (Å²) in [6, 6.07) is 4.03. The molecule has 1 aliphatic heterocycles. The lowest BCUT2D eigenvalue weighted by Gasteiger charge is -2.35. The number of anilines is 1. The second-order valence-electron chi connectivity index (χ2n) is 6.36. The van der Waals surface area contributed by atoms with Crippen molar-refractivity contribution in [1.29, 1.82) is 5.26 Å². The van der Waals surface area contributed by atoms with Crippen LogP contribution in [0.4, 0.5) is 5.82 Å². The summed E-state index contributed by atoms with van der Waals surface area (Å²) in [7, 11) is 0. The van der Waals surface area contributed by atoms with E-state index in [4.69, 9.17) is 0 Å². The first-order valence-electron chi connectivity index (χ1n) is 7.89. The van der Waals surface area contributed by atoms with Gasteiger partial charge in [-0.2, -0.15) is 10.4 Å². The number of hydrogen-bond acceptors (Lipinski definition) is 6. The minimum absolute atomic E-state index is 0.0310. The van der Waals surface area contributed by atoms with E-state index in [9.17, 15) is 10.4 Å². The smallest absolute Gasteiger partial charge is 0.183 e. The maximum absolute atomic E-state index is 10.5. The monoisotopic (exact) mass is 310 g/mol. The highest BCUT2D eigenvalue weighted by atomic mass is 16.3. The molecule has 1 saturated carbocycles. The summed E-state index contributed by atoms with van der Waals surface area (Å²) in [4.78, 5) is 10.6. The Hall–Kier alpha value is -2.46. The molecule has 3 heterocycles. The quantitative estimate of drug-likeness (QED) is 0.889. The molecule has 0 spiro atoms. The summed E-state index contributed by atoms with van der Waals surface area (Å²) in [5.41, 5.74) is 0.371. The Bertz CT molecular complexity index is 724. The second kappa shape index (κ2) is 5.63. The number of aromatic nitrogens is 4. The first-order chi connectivity index (χ1) is 11.3. The third-order valence-corrected chi connectivity index (χ3v) is 5.06. The molecule has 1 N–H and O–H groups in total. The van der Waals surface area contributed by atoms with Crippen molar-refractivity contribution < 1.29 is 5.11 Å². The van der Waals surface area contributed by atoms with Gasteiger partial charge in [0.2, 0.25) is 0 Å². The predicted molar refractivity (Wildman–Crippen MR) is 82.4 cm³/mol. The van der Waals surface area contributed by atoms with Crippen molar-refractivity contribution in [3.63, 3.8) is 0 Å². The van der Waals surface area contributed by atoms with Crippen molar-refractivity contribution in [2.24, 2.45) is 11.8 Å². The highest BCUT2D eigenvalue weighted by Crippen LogP contribution is 2.42. The van der Waals surface area contributed by atoms with Crippen LogP contribution in [0.5, 0.6) is 0 Å². The molecule has 118 valence electrons. The van der Waals surface area contributed by atoms with Gasteiger partial charge in [-0.3, -0.25) is 4.68 Å². The van der Waals surface area contributed by atoms with E-state index in [1.807, 2.05) is 16.9 Å². The van der Waals surface area contributed by atoms with E-state index < -0.39 is 0 Å². The van der Waals surface area contributed by atoms with E-state index in [2.05, 4.69) is 26.0 Å². The molecule has 4 atom stereocenters. The van der Waals surface area contributed by atoms with E-state index >= 15 is 0 Å². The molecule has 2 aromatic heterocycles. The average molecular weight is 310 g/mol. The number of aliphatic hydroxyl groups is 1. The number of aliphatic hydroxyl groups excluding tert-OH is 1. The number of rotatable bonds is 2. The van der Waals surface area contributed by atoms with Gasteiger partial charge in [0, 0.05) is 37.9 Å². The molecular weight excluding hydrogens is 292 g/mol. The summed E-state index contributed by atoms with van der Waals surface area (Å²) in [6.45, 7) is 1.67. The van der Waals surface area contributed by atoms with Crippen molar-refractivity contribution in [3.8, 4) is 6.07 Å². The molecule has 0 aromatic carbocycles. The van der Waals surface area contributed by atoms with Gasteiger partial charge in [-0.05, 0) is 30.7 Å². The molecule has 2 aromatic rings. The van der Waals surface area contributed by atoms with Crippen molar-refractivity contribution in [2.45, 2.75) is 25.0 Å². The fraction of sp³-hybridized carbons (Fsp3) is 0.500. The molecule has 1 saturated heterocycles. The Balaban J connectivity index is 1.55. The first kappa shape index (κ1) is 14.2. The molecule has 2 fully saturated rings. The van der Waals surface area contributed by atoms with Crippen LogP contribution in [0.3, 0.4) is 0 Å². The summed E-state index contributed by atoms with van der Waals surface area (Å²) in [5, 5.41) is 24.0. The number of nitriles is 1. The molecule has 4 rings (SSSR count). The molecule has 7 heteroatoms. The molecule has 23 heavy (non-hydrogen) atoms. The fourth-order valence-corrected chi connectivity index (χ4v) is 3.98. The normalized spacial score (nSPS) is 30.0. The van der Waals surface area contributed by atoms with Crippen molar-refractivity contribution in [2.75, 3.05) is 18.0 Å². The van der Waals surface area contributed by atoms with Gasteiger partial charge >= 0.3 is 0 Å². The molecule has 0 bridgehead atoms. The van der Waals surface area contributed by atoms with Gasteiger partial charge in [-0.1, -0.05) is 0 Å². The van der Waals surface area contributed by atoms with E-state index in [1.165, 1.54) is 0 Å². The van der Waals surface area contributed by atoms with Crippen molar-refractivity contribution in [1.82, 2.24) is 19.7 Å². The van der Waals surface area contributed by atoms with E-state index in [-0.39, 0.29) is 12.1 Å². The third kappa shape index (κ3) is 2.45. The average Bonchev–Trinajstić information content (AvgIpc) is 3.23. The van der Waals surface area contributed by atoms with Crippen molar-refractivity contribution in [3.05, 3.63) is 36.5 Å².